The SMILES string of the molecule is COc1ncnc(C2CC2)c1-c1nc(NCc2ccc(-c3nc(C(F)(F)F)cn3CC3CC3)cc2)c2nccn2n1. The zero-order chi connectivity index (χ0) is 28.1. The predicted molar refractivity (Wildman–Crippen MR) is 143 cm³/mol. The average molecular weight is 562 g/mol. The molecule has 1 aromatic carbocycles. The van der Waals surface area contributed by atoms with Crippen LogP contribution in [0, 0.1) is 5.92 Å². The number of anilines is 1. The standard InChI is InChI=1S/C28H26F3N9O/c1-41-27-21(22(18-8-9-18)34-15-35-27)23-37-24(26-32-10-11-40(26)38-23)33-12-16-4-6-19(7-5-16)25-36-20(28(29,30)31)14-39(25)13-17-2-3-17/h4-7,10-11,14-15,17-18H,2-3,8-9,12-13H2,1H3,(H,33,37,38). The van der Waals surface area contributed by atoms with Crippen molar-refractivity contribution in [3.63, 3.8) is 0 Å². The zero-order valence-electron chi connectivity index (χ0n) is 22.1. The molecule has 2 saturated carbocycles. The highest BCUT2D eigenvalue weighted by Gasteiger charge is 2.36. The highest BCUT2D eigenvalue weighted by atomic mass is 19.4. The number of aromatic nitrogens is 8. The lowest BCUT2D eigenvalue weighted by atomic mass is 10.1. The Bertz CT molecular complexity index is 1720. The number of methoxy groups -OCH3 is 1. The van der Waals surface area contributed by atoms with Crippen LogP contribution >= 0.6 is 0 Å². The first-order valence-corrected chi connectivity index (χ1v) is 13.5. The van der Waals surface area contributed by atoms with Gasteiger partial charge in [-0.2, -0.15) is 13.2 Å². The Kier molecular flexibility index (Phi) is 6.09. The van der Waals surface area contributed by atoms with E-state index >= 15 is 0 Å². The molecule has 0 atom stereocenters. The molecule has 4 heterocycles. The van der Waals surface area contributed by atoms with Crippen LogP contribution in [0.3, 0.4) is 0 Å². The molecule has 7 rings (SSSR count). The van der Waals surface area contributed by atoms with Crippen molar-refractivity contribution in [2.45, 2.75) is 50.9 Å². The Morgan fingerprint density at radius 3 is 2.54 bits per heavy atom. The number of hydrogen-bond donors (Lipinski definition) is 1. The van der Waals surface area contributed by atoms with E-state index in [9.17, 15) is 13.2 Å². The Balaban J connectivity index is 1.16. The van der Waals surface area contributed by atoms with Gasteiger partial charge in [-0.25, -0.2) is 29.4 Å². The maximum absolute atomic E-state index is 13.4. The van der Waals surface area contributed by atoms with Crippen molar-refractivity contribution < 1.29 is 17.9 Å². The molecule has 5 aromatic rings. The van der Waals surface area contributed by atoms with Crippen LogP contribution in [0.15, 0.2) is 49.2 Å². The van der Waals surface area contributed by atoms with E-state index in [4.69, 9.17) is 9.72 Å². The Hall–Kier alpha value is -4.55. The molecule has 4 aromatic heterocycles. The van der Waals surface area contributed by atoms with E-state index < -0.39 is 11.9 Å². The fourth-order valence-electron chi connectivity index (χ4n) is 4.92. The molecule has 0 saturated heterocycles. The molecule has 0 spiro atoms. The molecule has 0 bridgehead atoms. The lowest BCUT2D eigenvalue weighted by Crippen LogP contribution is -2.09. The van der Waals surface area contributed by atoms with Gasteiger partial charge in [-0.15, -0.1) is 5.10 Å². The van der Waals surface area contributed by atoms with Gasteiger partial charge in [0.25, 0.3) is 0 Å². The Morgan fingerprint density at radius 2 is 1.83 bits per heavy atom. The van der Waals surface area contributed by atoms with Gasteiger partial charge in [0, 0.05) is 43.2 Å². The maximum atomic E-state index is 13.4. The minimum atomic E-state index is -4.49. The largest absolute Gasteiger partial charge is 0.480 e. The summed E-state index contributed by atoms with van der Waals surface area (Å²) in [5.74, 6) is 2.42. The van der Waals surface area contributed by atoms with Gasteiger partial charge in [0.2, 0.25) is 5.88 Å². The van der Waals surface area contributed by atoms with Gasteiger partial charge >= 0.3 is 6.18 Å². The molecule has 41 heavy (non-hydrogen) atoms. The first-order chi connectivity index (χ1) is 19.9. The number of halogens is 3. The van der Waals surface area contributed by atoms with Gasteiger partial charge in [0.15, 0.2) is 23.0 Å². The molecule has 0 unspecified atom stereocenters. The summed E-state index contributed by atoms with van der Waals surface area (Å²) in [6, 6.07) is 7.34. The van der Waals surface area contributed by atoms with Crippen molar-refractivity contribution in [2.75, 3.05) is 12.4 Å². The molecule has 210 valence electrons. The third-order valence-electron chi connectivity index (χ3n) is 7.37. The summed E-state index contributed by atoms with van der Waals surface area (Å²) < 4.78 is 49.0. The number of ether oxygens (including phenoxy) is 1. The van der Waals surface area contributed by atoms with E-state index in [1.54, 1.807) is 40.7 Å². The van der Waals surface area contributed by atoms with Crippen LogP contribution in [0.2, 0.25) is 0 Å². The van der Waals surface area contributed by atoms with E-state index in [1.165, 1.54) is 6.33 Å². The van der Waals surface area contributed by atoms with Crippen LogP contribution in [0.5, 0.6) is 5.88 Å². The second-order valence-electron chi connectivity index (χ2n) is 10.5. The number of rotatable bonds is 9. The lowest BCUT2D eigenvalue weighted by Gasteiger charge is -2.13. The van der Waals surface area contributed by atoms with Crippen molar-refractivity contribution in [1.29, 1.82) is 0 Å². The number of hydrogen-bond acceptors (Lipinski definition) is 8. The van der Waals surface area contributed by atoms with E-state index in [0.717, 1.165) is 43.1 Å². The van der Waals surface area contributed by atoms with E-state index in [2.05, 4.69) is 30.4 Å². The molecular formula is C28H26F3N9O. The van der Waals surface area contributed by atoms with Crippen molar-refractivity contribution in [1.82, 2.24) is 39.1 Å². The van der Waals surface area contributed by atoms with Crippen LogP contribution in [-0.4, -0.2) is 46.2 Å². The van der Waals surface area contributed by atoms with Crippen molar-refractivity contribution >= 4 is 11.5 Å². The first kappa shape index (κ1) is 25.4. The molecule has 13 heteroatoms. The summed E-state index contributed by atoms with van der Waals surface area (Å²) in [7, 11) is 1.56. The molecule has 0 aliphatic heterocycles. The smallest absolute Gasteiger partial charge is 0.434 e. The minimum absolute atomic E-state index is 0.325. The van der Waals surface area contributed by atoms with Crippen molar-refractivity contribution in [3.05, 3.63) is 66.1 Å². The molecule has 2 aliphatic carbocycles. The van der Waals surface area contributed by atoms with Gasteiger partial charge in [0.05, 0.1) is 12.8 Å². The van der Waals surface area contributed by atoms with Crippen molar-refractivity contribution in [3.8, 4) is 28.7 Å². The minimum Gasteiger partial charge on any atom is -0.480 e. The molecule has 0 amide bonds. The zero-order valence-corrected chi connectivity index (χ0v) is 22.1. The van der Waals surface area contributed by atoms with E-state index in [0.29, 0.717) is 65.0 Å². The summed E-state index contributed by atoms with van der Waals surface area (Å²) in [5, 5.41) is 8.00. The second-order valence-corrected chi connectivity index (χ2v) is 10.5. The number of nitrogens with one attached hydrogen (secondary N) is 1. The quantitative estimate of drug-likeness (QED) is 0.256. The lowest BCUT2D eigenvalue weighted by molar-refractivity contribution is -0.140. The molecule has 0 radical (unpaired) electrons. The Labute approximate surface area is 232 Å². The molecular weight excluding hydrogens is 535 g/mol. The number of alkyl halides is 3. The fraction of sp³-hybridized carbons (Fsp3) is 0.357. The van der Waals surface area contributed by atoms with Gasteiger partial charge in [-0.05, 0) is 37.2 Å². The number of imidazole rings is 2. The summed E-state index contributed by atoms with van der Waals surface area (Å²) in [4.78, 5) is 21.9. The van der Waals surface area contributed by atoms with Crippen molar-refractivity contribution in [2.24, 2.45) is 5.92 Å². The van der Waals surface area contributed by atoms with Crippen LogP contribution in [0.25, 0.3) is 28.4 Å². The summed E-state index contributed by atoms with van der Waals surface area (Å²) in [6.45, 7) is 0.944. The maximum Gasteiger partial charge on any atom is 0.434 e. The predicted octanol–water partition coefficient (Wildman–Crippen LogP) is 5.37. The Morgan fingerprint density at radius 1 is 1.02 bits per heavy atom. The molecule has 2 fully saturated rings. The van der Waals surface area contributed by atoms with Gasteiger partial charge < -0.3 is 14.6 Å². The molecule has 1 N–H and O–H groups in total. The topological polar surface area (TPSA) is 108 Å². The van der Waals surface area contributed by atoms with Gasteiger partial charge in [-0.3, -0.25) is 0 Å². The summed E-state index contributed by atoms with van der Waals surface area (Å²) in [5.41, 5.74) is 2.76. The molecule has 10 nitrogen and oxygen atoms in total. The monoisotopic (exact) mass is 561 g/mol. The third-order valence-corrected chi connectivity index (χ3v) is 7.37. The first-order valence-electron chi connectivity index (χ1n) is 13.5. The normalized spacial score (nSPS) is 15.4. The number of fused-ring (bicyclic) bond motifs is 1. The van der Waals surface area contributed by atoms with Crippen LogP contribution in [0.1, 0.15) is 48.6 Å². The third kappa shape index (κ3) is 5.07. The fourth-order valence-corrected chi connectivity index (χ4v) is 4.92. The number of benzene rings is 1. The highest BCUT2D eigenvalue weighted by Crippen LogP contribution is 2.45. The average Bonchev–Trinajstić information content (AvgIpc) is 3.89. The second kappa shape index (κ2) is 9.82. The molecule has 2 aliphatic rings. The van der Waals surface area contributed by atoms with Gasteiger partial charge in [-0.1, -0.05) is 24.3 Å². The number of nitrogens with zero attached hydrogens (tertiary/aromatic N) is 8. The van der Waals surface area contributed by atoms with Crippen LogP contribution in [0.4, 0.5) is 19.0 Å². The van der Waals surface area contributed by atoms with Crippen LogP contribution < -0.4 is 10.1 Å². The van der Waals surface area contributed by atoms with Gasteiger partial charge in [0.1, 0.15) is 17.7 Å². The van der Waals surface area contributed by atoms with E-state index in [-0.39, 0.29) is 0 Å². The van der Waals surface area contributed by atoms with Crippen LogP contribution in [-0.2, 0) is 19.3 Å². The van der Waals surface area contributed by atoms with E-state index in [1.807, 2.05) is 12.1 Å². The summed E-state index contributed by atoms with van der Waals surface area (Å²) in [6.07, 6.45) is 5.66. The summed E-state index contributed by atoms with van der Waals surface area (Å²) >= 11 is 0. The highest BCUT2D eigenvalue weighted by molar-refractivity contribution is 5.71.